The maximum Gasteiger partial charge on any atom is 0.244 e. The maximum absolute atomic E-state index is 14.1. The molecule has 148 valence electrons. The third-order valence-electron chi connectivity index (χ3n) is 5.02. The molecule has 0 saturated carbocycles. The van der Waals surface area contributed by atoms with E-state index < -0.39 is 17.5 Å². The minimum absolute atomic E-state index is 0.0271. The fourth-order valence-electron chi connectivity index (χ4n) is 3.12. The first kappa shape index (κ1) is 19.9. The average Bonchev–Trinajstić information content (AvgIpc) is 2.62. The van der Waals surface area contributed by atoms with Crippen LogP contribution in [0.2, 0.25) is 0 Å². The summed E-state index contributed by atoms with van der Waals surface area (Å²) in [5.41, 5.74) is 0.371. The molecule has 0 radical (unpaired) electrons. The Kier molecular flexibility index (Phi) is 6.36. The van der Waals surface area contributed by atoms with Crippen LogP contribution in [0, 0.1) is 23.5 Å². The lowest BCUT2D eigenvalue weighted by Crippen LogP contribution is -2.51. The molecule has 7 heteroatoms. The fourth-order valence-corrected chi connectivity index (χ4v) is 3.12. The summed E-state index contributed by atoms with van der Waals surface area (Å²) in [6.07, 6.45) is 0. The molecule has 2 aromatic carbocycles. The van der Waals surface area contributed by atoms with E-state index in [1.54, 1.807) is 24.3 Å². The zero-order valence-electron chi connectivity index (χ0n) is 15.6. The molecule has 2 amide bonds. The monoisotopic (exact) mass is 387 g/mol. The van der Waals surface area contributed by atoms with Gasteiger partial charge in [0.1, 0.15) is 18.2 Å². The van der Waals surface area contributed by atoms with Crippen molar-refractivity contribution in [2.75, 3.05) is 25.0 Å². The molecule has 2 aromatic rings. The lowest BCUT2D eigenvalue weighted by Gasteiger charge is -2.35. The van der Waals surface area contributed by atoms with Crippen LogP contribution in [0.15, 0.2) is 48.5 Å². The van der Waals surface area contributed by atoms with Gasteiger partial charge in [0.2, 0.25) is 11.8 Å². The van der Waals surface area contributed by atoms with Crippen LogP contribution in [-0.4, -0.2) is 36.3 Å². The Morgan fingerprint density at radius 2 is 1.75 bits per heavy atom. The molecule has 1 atom stereocenters. The second-order valence-electron chi connectivity index (χ2n) is 7.02. The second kappa shape index (κ2) is 8.93. The first-order chi connectivity index (χ1) is 13.5. The molecular formula is C21H23F2N3O2. The van der Waals surface area contributed by atoms with Crippen molar-refractivity contribution in [3.8, 4) is 0 Å². The Bertz CT molecular complexity index is 855. The van der Waals surface area contributed by atoms with Crippen LogP contribution in [0.5, 0.6) is 0 Å². The number of para-hydroxylation sites is 1. The fraction of sp³-hybridized carbons (Fsp3) is 0.333. The van der Waals surface area contributed by atoms with Crippen LogP contribution < -0.4 is 10.6 Å². The molecule has 0 bridgehead atoms. The van der Waals surface area contributed by atoms with E-state index in [1.807, 2.05) is 6.92 Å². The van der Waals surface area contributed by atoms with E-state index in [-0.39, 0.29) is 36.5 Å². The summed E-state index contributed by atoms with van der Waals surface area (Å²) in [4.78, 5) is 26.8. The minimum Gasteiger partial charge on any atom is -0.329 e. The summed E-state index contributed by atoms with van der Waals surface area (Å²) in [5, 5.41) is 5.60. The average molecular weight is 387 g/mol. The van der Waals surface area contributed by atoms with Crippen LogP contribution in [0.1, 0.15) is 12.5 Å². The van der Waals surface area contributed by atoms with Gasteiger partial charge < -0.3 is 15.5 Å². The van der Waals surface area contributed by atoms with Gasteiger partial charge in [0, 0.05) is 18.0 Å². The number of hydrogen-bond donors (Lipinski definition) is 2. The van der Waals surface area contributed by atoms with Crippen LogP contribution >= 0.6 is 0 Å². The molecule has 1 fully saturated rings. The Labute approximate surface area is 162 Å². The predicted octanol–water partition coefficient (Wildman–Crippen LogP) is 2.79. The van der Waals surface area contributed by atoms with Crippen molar-refractivity contribution >= 4 is 17.5 Å². The Balaban J connectivity index is 1.75. The molecular weight excluding hydrogens is 364 g/mol. The third kappa shape index (κ3) is 4.72. The number of amides is 2. The Hall–Kier alpha value is -2.80. The molecule has 1 aliphatic rings. The Morgan fingerprint density at radius 1 is 1.11 bits per heavy atom. The number of carbonyl (C=O) groups is 2. The van der Waals surface area contributed by atoms with E-state index in [0.29, 0.717) is 5.56 Å². The van der Waals surface area contributed by atoms with E-state index in [0.717, 1.165) is 13.1 Å². The summed E-state index contributed by atoms with van der Waals surface area (Å²) in [6, 6.07) is 12.0. The summed E-state index contributed by atoms with van der Waals surface area (Å²) < 4.78 is 27.9. The highest BCUT2D eigenvalue weighted by Gasteiger charge is 2.32. The predicted molar refractivity (Wildman–Crippen MR) is 102 cm³/mol. The lowest BCUT2D eigenvalue weighted by molar-refractivity contribution is -0.140. The molecule has 1 saturated heterocycles. The largest absolute Gasteiger partial charge is 0.329 e. The van der Waals surface area contributed by atoms with E-state index in [4.69, 9.17) is 0 Å². The standard InChI is InChI=1S/C21H23F2N3O2/c1-14(16-10-24-11-16)21(28)26(12-15-6-2-3-7-17(15)22)13-20(27)25-19-9-5-4-8-18(19)23/h2-9,14,16,24H,10-13H2,1H3,(H,25,27). The minimum atomic E-state index is -0.559. The van der Waals surface area contributed by atoms with Crippen molar-refractivity contribution in [2.24, 2.45) is 11.8 Å². The molecule has 0 aliphatic carbocycles. The lowest BCUT2D eigenvalue weighted by atomic mass is 9.88. The molecule has 0 aromatic heterocycles. The van der Waals surface area contributed by atoms with Crippen molar-refractivity contribution in [3.63, 3.8) is 0 Å². The number of hydrogen-bond acceptors (Lipinski definition) is 3. The normalized spacial score (nSPS) is 14.8. The van der Waals surface area contributed by atoms with Gasteiger partial charge in [0.25, 0.3) is 0 Å². The van der Waals surface area contributed by atoms with Crippen LogP contribution in [0.25, 0.3) is 0 Å². The van der Waals surface area contributed by atoms with Crippen molar-refractivity contribution in [2.45, 2.75) is 13.5 Å². The van der Waals surface area contributed by atoms with Crippen molar-refractivity contribution in [1.29, 1.82) is 0 Å². The van der Waals surface area contributed by atoms with Gasteiger partial charge in [-0.25, -0.2) is 8.78 Å². The van der Waals surface area contributed by atoms with E-state index in [2.05, 4.69) is 10.6 Å². The van der Waals surface area contributed by atoms with Gasteiger partial charge in [0.15, 0.2) is 0 Å². The van der Waals surface area contributed by atoms with Gasteiger partial charge >= 0.3 is 0 Å². The summed E-state index contributed by atoms with van der Waals surface area (Å²) >= 11 is 0. The number of rotatable bonds is 7. The summed E-state index contributed by atoms with van der Waals surface area (Å²) in [5.74, 6) is -1.86. The molecule has 28 heavy (non-hydrogen) atoms. The topological polar surface area (TPSA) is 61.4 Å². The molecule has 3 rings (SSSR count). The first-order valence-electron chi connectivity index (χ1n) is 9.23. The number of carbonyl (C=O) groups excluding carboxylic acids is 2. The Morgan fingerprint density at radius 3 is 2.36 bits per heavy atom. The third-order valence-corrected chi connectivity index (χ3v) is 5.02. The number of anilines is 1. The smallest absolute Gasteiger partial charge is 0.244 e. The molecule has 1 unspecified atom stereocenters. The molecule has 1 heterocycles. The number of benzene rings is 2. The van der Waals surface area contributed by atoms with E-state index >= 15 is 0 Å². The summed E-state index contributed by atoms with van der Waals surface area (Å²) in [6.45, 7) is 2.98. The first-order valence-corrected chi connectivity index (χ1v) is 9.23. The maximum atomic E-state index is 14.1. The number of nitrogens with zero attached hydrogens (tertiary/aromatic N) is 1. The van der Waals surface area contributed by atoms with Gasteiger partial charge in [0.05, 0.1) is 5.69 Å². The van der Waals surface area contributed by atoms with E-state index in [1.165, 1.54) is 29.2 Å². The van der Waals surface area contributed by atoms with Gasteiger partial charge in [-0.05, 0) is 37.2 Å². The highest BCUT2D eigenvalue weighted by molar-refractivity contribution is 5.94. The SMILES string of the molecule is CC(C(=O)N(CC(=O)Nc1ccccc1F)Cc1ccccc1F)C1CNC1. The van der Waals surface area contributed by atoms with Gasteiger partial charge in [-0.2, -0.15) is 0 Å². The molecule has 2 N–H and O–H groups in total. The highest BCUT2D eigenvalue weighted by atomic mass is 19.1. The van der Waals surface area contributed by atoms with Crippen LogP contribution in [-0.2, 0) is 16.1 Å². The molecule has 1 aliphatic heterocycles. The number of nitrogens with one attached hydrogen (secondary N) is 2. The molecule has 5 nitrogen and oxygen atoms in total. The van der Waals surface area contributed by atoms with E-state index in [9.17, 15) is 18.4 Å². The number of halogens is 2. The van der Waals surface area contributed by atoms with Gasteiger partial charge in [-0.15, -0.1) is 0 Å². The second-order valence-corrected chi connectivity index (χ2v) is 7.02. The van der Waals surface area contributed by atoms with Crippen LogP contribution in [0.4, 0.5) is 14.5 Å². The highest BCUT2D eigenvalue weighted by Crippen LogP contribution is 2.21. The van der Waals surface area contributed by atoms with Gasteiger partial charge in [-0.1, -0.05) is 37.3 Å². The van der Waals surface area contributed by atoms with Crippen molar-refractivity contribution in [3.05, 3.63) is 65.7 Å². The van der Waals surface area contributed by atoms with Crippen LogP contribution in [0.3, 0.4) is 0 Å². The van der Waals surface area contributed by atoms with Crippen molar-refractivity contribution in [1.82, 2.24) is 10.2 Å². The zero-order valence-corrected chi connectivity index (χ0v) is 15.6. The van der Waals surface area contributed by atoms with Gasteiger partial charge in [-0.3, -0.25) is 9.59 Å². The van der Waals surface area contributed by atoms with Crippen molar-refractivity contribution < 1.29 is 18.4 Å². The quantitative estimate of drug-likeness (QED) is 0.768. The summed E-state index contributed by atoms with van der Waals surface area (Å²) in [7, 11) is 0. The molecule has 0 spiro atoms. The zero-order chi connectivity index (χ0) is 20.1.